The van der Waals surface area contributed by atoms with Gasteiger partial charge in [0.25, 0.3) is 0 Å². The Morgan fingerprint density at radius 2 is 1.69 bits per heavy atom. The van der Waals surface area contributed by atoms with Crippen LogP contribution in [0.2, 0.25) is 0 Å². The van der Waals surface area contributed by atoms with Crippen molar-refractivity contribution in [1.29, 1.82) is 0 Å². The molecule has 0 saturated carbocycles. The standard InChI is InChI=1S/C27H36OS/c1-4-5-6-7-8-12-19-28-26-21-23(15-17-25(26)20-22(2)3)16-18-27(29)24-13-10-9-11-14-24/h9-11,13-18,21-22H,4-8,12,19-20H2,1-3H3. The minimum Gasteiger partial charge on any atom is -0.493 e. The van der Waals surface area contributed by atoms with E-state index in [0.29, 0.717) is 5.92 Å². The average molecular weight is 409 g/mol. The lowest BCUT2D eigenvalue weighted by atomic mass is 10.00. The first-order valence-corrected chi connectivity index (χ1v) is 11.5. The largest absolute Gasteiger partial charge is 0.493 e. The van der Waals surface area contributed by atoms with Crippen LogP contribution in [0.15, 0.2) is 54.6 Å². The highest BCUT2D eigenvalue weighted by atomic mass is 32.1. The third-order valence-corrected chi connectivity index (χ3v) is 5.33. The quantitative estimate of drug-likeness (QED) is 0.143. The maximum atomic E-state index is 6.21. The van der Waals surface area contributed by atoms with E-state index in [1.807, 2.05) is 36.4 Å². The van der Waals surface area contributed by atoms with Gasteiger partial charge >= 0.3 is 0 Å². The first-order valence-electron chi connectivity index (χ1n) is 11.1. The maximum absolute atomic E-state index is 6.21. The number of hydrogen-bond acceptors (Lipinski definition) is 2. The van der Waals surface area contributed by atoms with Crippen LogP contribution in [0.3, 0.4) is 0 Å². The van der Waals surface area contributed by atoms with E-state index < -0.39 is 0 Å². The number of ether oxygens (including phenoxy) is 1. The lowest BCUT2D eigenvalue weighted by molar-refractivity contribution is 0.300. The molecule has 0 saturated heterocycles. The average Bonchev–Trinajstić information content (AvgIpc) is 2.73. The molecule has 0 aliphatic heterocycles. The van der Waals surface area contributed by atoms with Gasteiger partial charge in [-0.25, -0.2) is 0 Å². The second kappa shape index (κ2) is 13.3. The van der Waals surface area contributed by atoms with Gasteiger partial charge in [0.1, 0.15) is 5.75 Å². The zero-order valence-corrected chi connectivity index (χ0v) is 19.1. The molecule has 0 bridgehead atoms. The molecule has 0 amide bonds. The highest BCUT2D eigenvalue weighted by molar-refractivity contribution is 7.81. The Morgan fingerprint density at radius 1 is 0.966 bits per heavy atom. The Kier molecular flexibility index (Phi) is 10.7. The Bertz CT molecular complexity index is 761. The minimum atomic E-state index is 0.610. The van der Waals surface area contributed by atoms with Crippen LogP contribution in [0.4, 0.5) is 0 Å². The van der Waals surface area contributed by atoms with Crippen LogP contribution in [-0.4, -0.2) is 11.5 Å². The molecule has 2 heteroatoms. The zero-order chi connectivity index (χ0) is 20.9. The lowest BCUT2D eigenvalue weighted by Crippen LogP contribution is -2.03. The third kappa shape index (κ3) is 8.95. The molecule has 0 heterocycles. The number of allylic oxidation sites excluding steroid dienone is 1. The molecule has 1 nitrogen and oxygen atoms in total. The first-order chi connectivity index (χ1) is 14.1. The molecular formula is C27H36OS. The Balaban J connectivity index is 1.99. The topological polar surface area (TPSA) is 9.23 Å². The van der Waals surface area contributed by atoms with Crippen molar-refractivity contribution in [2.24, 2.45) is 5.92 Å². The van der Waals surface area contributed by atoms with Gasteiger partial charge in [-0.1, -0.05) is 114 Å². The zero-order valence-electron chi connectivity index (χ0n) is 18.3. The molecule has 2 aromatic carbocycles. The molecule has 156 valence electrons. The van der Waals surface area contributed by atoms with Crippen molar-refractivity contribution in [2.75, 3.05) is 6.61 Å². The van der Waals surface area contributed by atoms with Gasteiger partial charge < -0.3 is 4.74 Å². The van der Waals surface area contributed by atoms with Crippen molar-refractivity contribution in [1.82, 2.24) is 0 Å². The van der Waals surface area contributed by atoms with Crippen molar-refractivity contribution in [3.63, 3.8) is 0 Å². The fourth-order valence-corrected chi connectivity index (χ4v) is 3.56. The molecule has 2 aromatic rings. The van der Waals surface area contributed by atoms with Crippen LogP contribution in [0, 0.1) is 5.92 Å². The summed E-state index contributed by atoms with van der Waals surface area (Å²) in [5.41, 5.74) is 3.51. The van der Waals surface area contributed by atoms with Crippen LogP contribution in [0.25, 0.3) is 6.08 Å². The van der Waals surface area contributed by atoms with Crippen molar-refractivity contribution in [3.05, 3.63) is 71.3 Å². The summed E-state index contributed by atoms with van der Waals surface area (Å²) < 4.78 is 6.21. The number of rotatable bonds is 13. The van der Waals surface area contributed by atoms with Crippen molar-refractivity contribution in [3.8, 4) is 5.75 Å². The third-order valence-electron chi connectivity index (χ3n) is 4.96. The minimum absolute atomic E-state index is 0.610. The molecule has 29 heavy (non-hydrogen) atoms. The van der Waals surface area contributed by atoms with E-state index in [2.05, 4.69) is 45.0 Å². The normalized spacial score (nSPS) is 11.3. The van der Waals surface area contributed by atoms with Gasteiger partial charge in [0.05, 0.1) is 6.61 Å². The van der Waals surface area contributed by atoms with Crippen molar-refractivity contribution in [2.45, 2.75) is 65.7 Å². The summed E-state index contributed by atoms with van der Waals surface area (Å²) in [6, 6.07) is 16.7. The molecule has 0 spiro atoms. The van der Waals surface area contributed by atoms with Gasteiger partial charge in [0.15, 0.2) is 0 Å². The van der Waals surface area contributed by atoms with Crippen LogP contribution >= 0.6 is 12.2 Å². The highest BCUT2D eigenvalue weighted by Gasteiger charge is 2.07. The SMILES string of the molecule is CCCCCCCCOc1cc(C=CC(=S)c2ccccc2)ccc1CC(C)C. The summed E-state index contributed by atoms with van der Waals surface area (Å²) in [5.74, 6) is 1.64. The fourth-order valence-electron chi connectivity index (χ4n) is 3.35. The second-order valence-electron chi connectivity index (χ2n) is 8.14. The van der Waals surface area contributed by atoms with Crippen molar-refractivity contribution >= 4 is 23.2 Å². The summed E-state index contributed by atoms with van der Waals surface area (Å²) in [7, 11) is 0. The predicted molar refractivity (Wildman–Crippen MR) is 131 cm³/mol. The molecule has 0 aromatic heterocycles. The van der Waals surface area contributed by atoms with Gasteiger partial charge in [-0.2, -0.15) is 0 Å². The second-order valence-corrected chi connectivity index (χ2v) is 8.58. The van der Waals surface area contributed by atoms with Gasteiger partial charge in [-0.15, -0.1) is 0 Å². The van der Waals surface area contributed by atoms with Gasteiger partial charge in [-0.05, 0) is 47.6 Å². The Morgan fingerprint density at radius 3 is 2.41 bits per heavy atom. The molecule has 0 radical (unpaired) electrons. The van der Waals surface area contributed by atoms with Crippen LogP contribution in [-0.2, 0) is 6.42 Å². The van der Waals surface area contributed by atoms with E-state index in [9.17, 15) is 0 Å². The fraction of sp³-hybridized carbons (Fsp3) is 0.444. The summed E-state index contributed by atoms with van der Waals surface area (Å²) >= 11 is 5.55. The molecular weight excluding hydrogens is 372 g/mol. The van der Waals surface area contributed by atoms with E-state index in [4.69, 9.17) is 17.0 Å². The van der Waals surface area contributed by atoms with E-state index in [0.717, 1.165) is 41.2 Å². The first kappa shape index (κ1) is 23.3. The molecule has 0 aliphatic carbocycles. The molecule has 2 rings (SSSR count). The molecule has 0 aliphatic rings. The smallest absolute Gasteiger partial charge is 0.123 e. The van der Waals surface area contributed by atoms with E-state index >= 15 is 0 Å². The lowest BCUT2D eigenvalue weighted by Gasteiger charge is -2.14. The highest BCUT2D eigenvalue weighted by Crippen LogP contribution is 2.25. The monoisotopic (exact) mass is 408 g/mol. The molecule has 0 fully saturated rings. The van der Waals surface area contributed by atoms with Gasteiger partial charge in [0, 0.05) is 4.86 Å². The Hall–Kier alpha value is -1.93. The summed E-state index contributed by atoms with van der Waals surface area (Å²) in [6.07, 6.45) is 12.8. The maximum Gasteiger partial charge on any atom is 0.123 e. The number of unbranched alkanes of at least 4 members (excludes halogenated alkanes) is 5. The van der Waals surface area contributed by atoms with Crippen LogP contribution < -0.4 is 4.74 Å². The summed E-state index contributed by atoms with van der Waals surface area (Å²) in [5, 5.41) is 0. The summed E-state index contributed by atoms with van der Waals surface area (Å²) in [4.78, 5) is 0.853. The molecule has 0 atom stereocenters. The van der Waals surface area contributed by atoms with Gasteiger partial charge in [-0.3, -0.25) is 0 Å². The predicted octanol–water partition coefficient (Wildman–Crippen LogP) is 8.06. The van der Waals surface area contributed by atoms with Crippen LogP contribution in [0.1, 0.15) is 76.0 Å². The van der Waals surface area contributed by atoms with E-state index in [1.54, 1.807) is 0 Å². The van der Waals surface area contributed by atoms with Crippen LogP contribution in [0.5, 0.6) is 5.75 Å². The van der Waals surface area contributed by atoms with E-state index in [-0.39, 0.29) is 0 Å². The van der Waals surface area contributed by atoms with Crippen molar-refractivity contribution < 1.29 is 4.74 Å². The molecule has 0 unspecified atom stereocenters. The summed E-state index contributed by atoms with van der Waals surface area (Å²) in [6.45, 7) is 7.56. The van der Waals surface area contributed by atoms with Gasteiger partial charge in [0.2, 0.25) is 0 Å². The Labute approximate surface area is 183 Å². The number of thiocarbonyl (C=S) groups is 1. The number of hydrogen-bond donors (Lipinski definition) is 0. The van der Waals surface area contributed by atoms with E-state index in [1.165, 1.54) is 37.7 Å². The number of benzene rings is 2. The molecule has 0 N–H and O–H groups in total.